The number of rotatable bonds is 7. The Balaban J connectivity index is 3.78. The Bertz CT molecular complexity index is 240. The fourth-order valence-corrected chi connectivity index (χ4v) is 1.21. The maximum atomic E-state index is 11.4. The maximum absolute atomic E-state index is 11.4. The highest BCUT2D eigenvalue weighted by Crippen LogP contribution is 1.88. The number of amides is 2. The van der Waals surface area contributed by atoms with Gasteiger partial charge in [0.15, 0.2) is 0 Å². The molecular formula is C11H23N3O3. The lowest BCUT2D eigenvalue weighted by Gasteiger charge is -2.14. The van der Waals surface area contributed by atoms with E-state index in [1.54, 1.807) is 0 Å². The molecule has 2 amide bonds. The van der Waals surface area contributed by atoms with Gasteiger partial charge in [-0.25, -0.2) is 0 Å². The molecule has 0 heterocycles. The lowest BCUT2D eigenvalue weighted by molar-refractivity contribution is -0.139. The molecule has 100 valence electrons. The lowest BCUT2D eigenvalue weighted by atomic mass is 10.2. The number of aliphatic hydroxyl groups is 1. The summed E-state index contributed by atoms with van der Waals surface area (Å²) < 4.78 is 0. The van der Waals surface area contributed by atoms with Crippen LogP contribution in [0, 0.1) is 0 Å². The first-order valence-electron chi connectivity index (χ1n) is 5.85. The van der Waals surface area contributed by atoms with E-state index >= 15 is 0 Å². The molecule has 0 fully saturated rings. The number of aliphatic hydroxyl groups excluding tert-OH is 1. The summed E-state index contributed by atoms with van der Waals surface area (Å²) in [6, 6.07) is -0.352. The third kappa shape index (κ3) is 7.70. The molecule has 0 rings (SSSR count). The standard InChI is InChI=1S/C11H23N3O3/c1-4-9(8-15)13-11(17)10(16)12-6-5-7-14(2)3/h9,15H,4-8H2,1-3H3,(H,12,16)(H,13,17). The molecule has 6 heteroatoms. The first kappa shape index (κ1) is 15.9. The second kappa shape index (κ2) is 8.95. The van der Waals surface area contributed by atoms with E-state index in [9.17, 15) is 9.59 Å². The monoisotopic (exact) mass is 245 g/mol. The predicted molar refractivity (Wildman–Crippen MR) is 65.5 cm³/mol. The average molecular weight is 245 g/mol. The van der Waals surface area contributed by atoms with Crippen molar-refractivity contribution in [1.82, 2.24) is 15.5 Å². The topological polar surface area (TPSA) is 81.7 Å². The van der Waals surface area contributed by atoms with Crippen LogP contribution < -0.4 is 10.6 Å². The van der Waals surface area contributed by atoms with Crippen molar-refractivity contribution >= 4 is 11.8 Å². The van der Waals surface area contributed by atoms with Gasteiger partial charge < -0.3 is 20.6 Å². The van der Waals surface area contributed by atoms with Crippen LogP contribution in [0.2, 0.25) is 0 Å². The molecule has 0 spiro atoms. The summed E-state index contributed by atoms with van der Waals surface area (Å²) in [5, 5.41) is 13.9. The minimum atomic E-state index is -0.684. The van der Waals surface area contributed by atoms with Gasteiger partial charge in [-0.05, 0) is 33.5 Å². The number of nitrogens with one attached hydrogen (secondary N) is 2. The molecule has 0 bridgehead atoms. The van der Waals surface area contributed by atoms with E-state index in [4.69, 9.17) is 5.11 Å². The Morgan fingerprint density at radius 1 is 1.29 bits per heavy atom. The first-order chi connectivity index (χ1) is 8.01. The Labute approximate surface area is 102 Å². The average Bonchev–Trinajstić information content (AvgIpc) is 2.30. The Morgan fingerprint density at radius 3 is 2.41 bits per heavy atom. The highest BCUT2D eigenvalue weighted by Gasteiger charge is 2.16. The largest absolute Gasteiger partial charge is 0.394 e. The van der Waals surface area contributed by atoms with Crippen LogP contribution in [-0.4, -0.2) is 61.7 Å². The van der Waals surface area contributed by atoms with Crippen LogP contribution in [0.15, 0.2) is 0 Å². The third-order valence-electron chi connectivity index (χ3n) is 2.32. The minimum absolute atomic E-state index is 0.157. The lowest BCUT2D eigenvalue weighted by Crippen LogP contribution is -2.46. The summed E-state index contributed by atoms with van der Waals surface area (Å²) in [6.07, 6.45) is 1.39. The van der Waals surface area contributed by atoms with E-state index < -0.39 is 11.8 Å². The van der Waals surface area contributed by atoms with Gasteiger partial charge in [-0.2, -0.15) is 0 Å². The molecule has 3 N–H and O–H groups in total. The zero-order valence-electron chi connectivity index (χ0n) is 10.8. The normalized spacial score (nSPS) is 12.3. The third-order valence-corrected chi connectivity index (χ3v) is 2.32. The smallest absolute Gasteiger partial charge is 0.309 e. The summed E-state index contributed by atoms with van der Waals surface area (Å²) in [5.41, 5.74) is 0. The molecule has 0 aliphatic heterocycles. The summed E-state index contributed by atoms with van der Waals surface area (Å²) in [4.78, 5) is 24.7. The van der Waals surface area contributed by atoms with Crippen molar-refractivity contribution < 1.29 is 14.7 Å². The highest BCUT2D eigenvalue weighted by atomic mass is 16.3. The molecule has 0 radical (unpaired) electrons. The molecule has 0 aromatic rings. The maximum Gasteiger partial charge on any atom is 0.309 e. The van der Waals surface area contributed by atoms with Crippen molar-refractivity contribution in [1.29, 1.82) is 0 Å². The zero-order chi connectivity index (χ0) is 13.3. The SMILES string of the molecule is CCC(CO)NC(=O)C(=O)NCCCN(C)C. The number of carbonyl (C=O) groups excluding carboxylic acids is 2. The van der Waals surface area contributed by atoms with Gasteiger partial charge in [-0.15, -0.1) is 0 Å². The fraction of sp³-hybridized carbons (Fsp3) is 0.818. The van der Waals surface area contributed by atoms with E-state index in [1.807, 2.05) is 25.9 Å². The van der Waals surface area contributed by atoms with Gasteiger partial charge in [0.1, 0.15) is 0 Å². The highest BCUT2D eigenvalue weighted by molar-refractivity contribution is 6.35. The molecule has 1 unspecified atom stereocenters. The van der Waals surface area contributed by atoms with Gasteiger partial charge in [-0.3, -0.25) is 9.59 Å². The molecule has 0 saturated carbocycles. The fourth-order valence-electron chi connectivity index (χ4n) is 1.21. The van der Waals surface area contributed by atoms with E-state index in [0.29, 0.717) is 13.0 Å². The summed E-state index contributed by atoms with van der Waals surface area (Å²) >= 11 is 0. The number of hydrogen-bond acceptors (Lipinski definition) is 4. The van der Waals surface area contributed by atoms with Gasteiger partial charge in [0.2, 0.25) is 0 Å². The second-order valence-corrected chi connectivity index (χ2v) is 4.17. The Kier molecular flexibility index (Phi) is 8.35. The van der Waals surface area contributed by atoms with Gasteiger partial charge in [0, 0.05) is 6.54 Å². The van der Waals surface area contributed by atoms with Crippen LogP contribution >= 0.6 is 0 Å². The summed E-state index contributed by atoms with van der Waals surface area (Å²) in [5.74, 6) is -1.33. The summed E-state index contributed by atoms with van der Waals surface area (Å²) in [7, 11) is 3.89. The predicted octanol–water partition coefficient (Wildman–Crippen LogP) is -1.06. The molecule has 6 nitrogen and oxygen atoms in total. The van der Waals surface area contributed by atoms with Crippen LogP contribution in [0.3, 0.4) is 0 Å². The van der Waals surface area contributed by atoms with Crippen molar-refractivity contribution in [2.75, 3.05) is 33.8 Å². The van der Waals surface area contributed by atoms with E-state index in [-0.39, 0.29) is 12.6 Å². The van der Waals surface area contributed by atoms with Crippen molar-refractivity contribution in [2.24, 2.45) is 0 Å². The van der Waals surface area contributed by atoms with Crippen molar-refractivity contribution in [2.45, 2.75) is 25.8 Å². The van der Waals surface area contributed by atoms with Crippen LogP contribution in [-0.2, 0) is 9.59 Å². The zero-order valence-corrected chi connectivity index (χ0v) is 10.8. The van der Waals surface area contributed by atoms with E-state index in [1.165, 1.54) is 0 Å². The molecular weight excluding hydrogens is 222 g/mol. The summed E-state index contributed by atoms with van der Waals surface area (Å²) in [6.45, 7) is 3.00. The molecule has 1 atom stereocenters. The van der Waals surface area contributed by atoms with Gasteiger partial charge in [-0.1, -0.05) is 6.92 Å². The minimum Gasteiger partial charge on any atom is -0.394 e. The van der Waals surface area contributed by atoms with Crippen molar-refractivity contribution in [3.05, 3.63) is 0 Å². The first-order valence-corrected chi connectivity index (χ1v) is 5.85. The molecule has 0 aromatic heterocycles. The second-order valence-electron chi connectivity index (χ2n) is 4.17. The number of hydrogen-bond donors (Lipinski definition) is 3. The Morgan fingerprint density at radius 2 is 1.94 bits per heavy atom. The molecule has 0 saturated heterocycles. The van der Waals surface area contributed by atoms with Gasteiger partial charge >= 0.3 is 11.8 Å². The Hall–Kier alpha value is -1.14. The molecule has 0 aliphatic carbocycles. The van der Waals surface area contributed by atoms with E-state index in [2.05, 4.69) is 10.6 Å². The number of nitrogens with zero attached hydrogens (tertiary/aromatic N) is 1. The van der Waals surface area contributed by atoms with Gasteiger partial charge in [0.05, 0.1) is 12.6 Å². The molecule has 0 aliphatic rings. The van der Waals surface area contributed by atoms with Crippen LogP contribution in [0.5, 0.6) is 0 Å². The number of carbonyl (C=O) groups is 2. The van der Waals surface area contributed by atoms with Crippen LogP contribution in [0.4, 0.5) is 0 Å². The quantitative estimate of drug-likeness (QED) is 0.394. The molecule has 17 heavy (non-hydrogen) atoms. The van der Waals surface area contributed by atoms with Crippen molar-refractivity contribution in [3.63, 3.8) is 0 Å². The van der Waals surface area contributed by atoms with Crippen LogP contribution in [0.25, 0.3) is 0 Å². The van der Waals surface area contributed by atoms with Crippen molar-refractivity contribution in [3.8, 4) is 0 Å². The van der Waals surface area contributed by atoms with Crippen LogP contribution in [0.1, 0.15) is 19.8 Å². The molecule has 0 aromatic carbocycles. The van der Waals surface area contributed by atoms with E-state index in [0.717, 1.165) is 13.0 Å². The van der Waals surface area contributed by atoms with Gasteiger partial charge in [0.25, 0.3) is 0 Å².